The molecule has 0 aromatic carbocycles. The molecule has 1 aliphatic carbocycles. The van der Waals surface area contributed by atoms with Gasteiger partial charge in [0.25, 0.3) is 5.69 Å². The lowest BCUT2D eigenvalue weighted by atomic mass is 10.1. The van der Waals surface area contributed by atoms with Crippen molar-refractivity contribution in [1.82, 2.24) is 4.98 Å². The molecule has 0 aliphatic heterocycles. The molecule has 1 aromatic heterocycles. The maximum atomic E-state index is 10.9. The summed E-state index contributed by atoms with van der Waals surface area (Å²) in [4.78, 5) is 16.5. The summed E-state index contributed by atoms with van der Waals surface area (Å²) in [6.07, 6.45) is 3.55. The van der Waals surface area contributed by atoms with Crippen LogP contribution in [0.3, 0.4) is 0 Å². The molecule has 0 radical (unpaired) electrons. The summed E-state index contributed by atoms with van der Waals surface area (Å²) in [6, 6.07) is 1.45. The van der Waals surface area contributed by atoms with Gasteiger partial charge < -0.3 is 15.8 Å². The summed E-state index contributed by atoms with van der Waals surface area (Å²) in [6.45, 7) is 4.84. The van der Waals surface area contributed by atoms with Crippen LogP contribution < -0.4 is 10.6 Å². The Balaban J connectivity index is 2.46. The van der Waals surface area contributed by atoms with E-state index in [-0.39, 0.29) is 23.1 Å². The van der Waals surface area contributed by atoms with Gasteiger partial charge in [0.2, 0.25) is 0 Å². The van der Waals surface area contributed by atoms with E-state index in [4.69, 9.17) is 10.9 Å². The van der Waals surface area contributed by atoms with Gasteiger partial charge in [-0.1, -0.05) is 5.16 Å². The molecule has 0 amide bonds. The molecule has 0 saturated heterocycles. The molecule has 0 unspecified atom stereocenters. The standard InChI is InChI=1S/C13H19N5O3/c1-8(2)17(7-9-3-4-9)13-11(12(14)16-19)5-10(6-15-13)18(20)21/h5-6,8-9,19H,3-4,7H2,1-2H3,(H2,14,16). The Morgan fingerprint density at radius 2 is 2.33 bits per heavy atom. The molecule has 2 rings (SSSR count). The first kappa shape index (κ1) is 15.0. The molecule has 1 aromatic rings. The van der Waals surface area contributed by atoms with Crippen LogP contribution in [0, 0.1) is 16.0 Å². The SMILES string of the molecule is CC(C)N(CC1CC1)c1ncc([N+](=O)[O-])cc1C(N)=NO. The molecule has 21 heavy (non-hydrogen) atoms. The van der Waals surface area contributed by atoms with Crippen molar-refractivity contribution in [3.8, 4) is 0 Å². The minimum atomic E-state index is -0.550. The first-order valence-electron chi connectivity index (χ1n) is 6.83. The number of pyridine rings is 1. The van der Waals surface area contributed by atoms with Crippen LogP contribution in [0.4, 0.5) is 11.5 Å². The zero-order valence-electron chi connectivity index (χ0n) is 12.1. The van der Waals surface area contributed by atoms with Crippen LogP contribution in [-0.4, -0.2) is 33.5 Å². The predicted octanol–water partition coefficient (Wildman–Crippen LogP) is 1.71. The van der Waals surface area contributed by atoms with Gasteiger partial charge in [0.05, 0.1) is 10.5 Å². The summed E-state index contributed by atoms with van der Waals surface area (Å²) in [5.74, 6) is 0.949. The van der Waals surface area contributed by atoms with Gasteiger partial charge in [-0.25, -0.2) is 4.98 Å². The van der Waals surface area contributed by atoms with Crippen molar-refractivity contribution in [1.29, 1.82) is 0 Å². The molecule has 0 atom stereocenters. The topological polar surface area (TPSA) is 118 Å². The molecule has 1 heterocycles. The van der Waals surface area contributed by atoms with Crippen molar-refractivity contribution in [2.24, 2.45) is 16.8 Å². The second-order valence-corrected chi connectivity index (χ2v) is 5.50. The summed E-state index contributed by atoms with van der Waals surface area (Å²) in [7, 11) is 0. The van der Waals surface area contributed by atoms with Gasteiger partial charge in [0.1, 0.15) is 12.0 Å². The number of nitrogens with two attached hydrogens (primary N) is 1. The molecule has 1 saturated carbocycles. The number of rotatable bonds is 6. The molecule has 8 heteroatoms. The molecule has 1 aliphatic rings. The van der Waals surface area contributed by atoms with Crippen molar-refractivity contribution in [3.05, 3.63) is 27.9 Å². The Hall–Kier alpha value is -2.38. The van der Waals surface area contributed by atoms with E-state index >= 15 is 0 Å². The van der Waals surface area contributed by atoms with Crippen LogP contribution in [0.15, 0.2) is 17.4 Å². The van der Waals surface area contributed by atoms with Gasteiger partial charge in [0, 0.05) is 18.7 Å². The highest BCUT2D eigenvalue weighted by molar-refractivity contribution is 6.02. The summed E-state index contributed by atoms with van der Waals surface area (Å²) >= 11 is 0. The fourth-order valence-corrected chi connectivity index (χ4v) is 2.14. The smallest absolute Gasteiger partial charge is 0.288 e. The molecule has 0 bridgehead atoms. The van der Waals surface area contributed by atoms with Crippen molar-refractivity contribution in [3.63, 3.8) is 0 Å². The number of nitro groups is 1. The van der Waals surface area contributed by atoms with Gasteiger partial charge in [-0.05, 0) is 32.6 Å². The fraction of sp³-hybridized carbons (Fsp3) is 0.538. The lowest BCUT2D eigenvalue weighted by Gasteiger charge is -2.29. The highest BCUT2D eigenvalue weighted by Gasteiger charge is 2.28. The van der Waals surface area contributed by atoms with E-state index in [0.29, 0.717) is 11.7 Å². The minimum absolute atomic E-state index is 0.157. The van der Waals surface area contributed by atoms with E-state index < -0.39 is 4.92 Å². The predicted molar refractivity (Wildman–Crippen MR) is 78.6 cm³/mol. The fourth-order valence-electron chi connectivity index (χ4n) is 2.14. The van der Waals surface area contributed by atoms with E-state index in [9.17, 15) is 10.1 Å². The van der Waals surface area contributed by atoms with Crippen LogP contribution in [0.1, 0.15) is 32.3 Å². The van der Waals surface area contributed by atoms with E-state index in [1.165, 1.54) is 25.1 Å². The summed E-state index contributed by atoms with van der Waals surface area (Å²) in [5, 5.41) is 22.7. The third-order valence-electron chi connectivity index (χ3n) is 3.49. The average Bonchev–Trinajstić information content (AvgIpc) is 3.27. The number of hydrogen-bond donors (Lipinski definition) is 2. The van der Waals surface area contributed by atoms with Gasteiger partial charge in [-0.15, -0.1) is 0 Å². The number of hydrogen-bond acceptors (Lipinski definition) is 6. The largest absolute Gasteiger partial charge is 0.409 e. The van der Waals surface area contributed by atoms with Crippen LogP contribution in [0.25, 0.3) is 0 Å². The zero-order valence-corrected chi connectivity index (χ0v) is 12.1. The van der Waals surface area contributed by atoms with E-state index in [0.717, 1.165) is 6.54 Å². The molecular formula is C13H19N5O3. The number of nitrogens with zero attached hydrogens (tertiary/aromatic N) is 4. The van der Waals surface area contributed by atoms with E-state index in [2.05, 4.69) is 10.1 Å². The lowest BCUT2D eigenvalue weighted by Crippen LogP contribution is -2.35. The Bertz CT molecular complexity index is 569. The summed E-state index contributed by atoms with van der Waals surface area (Å²) < 4.78 is 0. The number of amidine groups is 1. The monoisotopic (exact) mass is 293 g/mol. The van der Waals surface area contributed by atoms with Gasteiger partial charge in [-0.3, -0.25) is 10.1 Å². The highest BCUT2D eigenvalue weighted by Crippen LogP contribution is 2.33. The second-order valence-electron chi connectivity index (χ2n) is 5.50. The maximum Gasteiger partial charge on any atom is 0.288 e. The number of oxime groups is 1. The number of anilines is 1. The molecular weight excluding hydrogens is 274 g/mol. The normalized spacial score (nSPS) is 15.3. The first-order chi connectivity index (χ1) is 9.93. The van der Waals surface area contributed by atoms with Crippen LogP contribution in [-0.2, 0) is 0 Å². The van der Waals surface area contributed by atoms with Gasteiger partial charge >= 0.3 is 0 Å². The average molecular weight is 293 g/mol. The lowest BCUT2D eigenvalue weighted by molar-refractivity contribution is -0.385. The van der Waals surface area contributed by atoms with Gasteiger partial charge in [-0.2, -0.15) is 0 Å². The maximum absolute atomic E-state index is 10.9. The van der Waals surface area contributed by atoms with Crippen molar-refractivity contribution in [2.75, 3.05) is 11.4 Å². The molecule has 8 nitrogen and oxygen atoms in total. The Morgan fingerprint density at radius 3 is 2.81 bits per heavy atom. The molecule has 0 spiro atoms. The minimum Gasteiger partial charge on any atom is -0.409 e. The zero-order chi connectivity index (χ0) is 15.6. The second kappa shape index (κ2) is 5.94. The molecule has 114 valence electrons. The Morgan fingerprint density at radius 1 is 1.67 bits per heavy atom. The van der Waals surface area contributed by atoms with Crippen molar-refractivity contribution >= 4 is 17.3 Å². The van der Waals surface area contributed by atoms with Gasteiger partial charge in [0.15, 0.2) is 5.84 Å². The number of aromatic nitrogens is 1. The van der Waals surface area contributed by atoms with E-state index in [1.807, 2.05) is 18.7 Å². The van der Waals surface area contributed by atoms with Crippen molar-refractivity contribution < 1.29 is 10.1 Å². The van der Waals surface area contributed by atoms with E-state index in [1.54, 1.807) is 0 Å². The Kier molecular flexibility index (Phi) is 4.25. The molecule has 1 fully saturated rings. The van der Waals surface area contributed by atoms with Crippen LogP contribution in [0.2, 0.25) is 0 Å². The first-order valence-corrected chi connectivity index (χ1v) is 6.83. The third-order valence-corrected chi connectivity index (χ3v) is 3.49. The van der Waals surface area contributed by atoms with Crippen molar-refractivity contribution in [2.45, 2.75) is 32.7 Å². The summed E-state index contributed by atoms with van der Waals surface area (Å²) in [5.41, 5.74) is 5.75. The molecule has 3 N–H and O–H groups in total. The quantitative estimate of drug-likeness (QED) is 0.271. The Labute approximate surface area is 122 Å². The van der Waals surface area contributed by atoms with Crippen LogP contribution >= 0.6 is 0 Å². The third kappa shape index (κ3) is 3.39. The van der Waals surface area contributed by atoms with Crippen LogP contribution in [0.5, 0.6) is 0 Å². The highest BCUT2D eigenvalue weighted by atomic mass is 16.6.